The van der Waals surface area contributed by atoms with Gasteiger partial charge in [0.05, 0.1) is 26.4 Å². The third-order valence-electron chi connectivity index (χ3n) is 2.39. The van der Waals surface area contributed by atoms with Crippen LogP contribution in [-0.4, -0.2) is 38.4 Å². The summed E-state index contributed by atoms with van der Waals surface area (Å²) in [5.74, 6) is 0. The zero-order valence-electron chi connectivity index (χ0n) is 12.7. The lowest BCUT2D eigenvalue weighted by Crippen LogP contribution is -2.21. The maximum Gasteiger partial charge on any atom is 0.345 e. The van der Waals surface area contributed by atoms with Crippen LogP contribution >= 0.6 is 15.2 Å². The van der Waals surface area contributed by atoms with E-state index >= 15 is 0 Å². The summed E-state index contributed by atoms with van der Waals surface area (Å²) < 4.78 is 46.8. The maximum atomic E-state index is 12.9. The lowest BCUT2D eigenvalue weighted by molar-refractivity contribution is 0.194. The van der Waals surface area contributed by atoms with Crippen LogP contribution in [0.1, 0.15) is 34.1 Å². The third kappa shape index (κ3) is 5.57. The fourth-order valence-corrected chi connectivity index (χ4v) is 7.17. The zero-order valence-corrected chi connectivity index (χ0v) is 14.5. The molecule has 20 heavy (non-hydrogen) atoms. The number of hydrogen-bond acceptors (Lipinski definition) is 7. The van der Waals surface area contributed by atoms with Gasteiger partial charge in [0.2, 0.25) is 0 Å². The molecule has 0 fully saturated rings. The number of hydrogen-bond donors (Lipinski definition) is 1. The maximum absolute atomic E-state index is 12.9. The summed E-state index contributed by atoms with van der Waals surface area (Å²) in [7, 11) is -7.24. The van der Waals surface area contributed by atoms with E-state index < -0.39 is 20.6 Å². The Bertz CT molecular complexity index is 302. The van der Waals surface area contributed by atoms with Crippen LogP contribution in [0.5, 0.6) is 0 Å². The summed E-state index contributed by atoms with van der Waals surface area (Å²) in [6.45, 7) is 7.66. The molecule has 0 bridgehead atoms. The van der Waals surface area contributed by atoms with E-state index in [0.29, 0.717) is 0 Å². The fraction of sp³-hybridized carbons (Fsp3) is 1.00. The molecule has 0 atom stereocenters. The molecule has 2 N–H and O–H groups in total. The largest absolute Gasteiger partial charge is 0.345 e. The minimum absolute atomic E-state index is 0.175. The fourth-order valence-electron chi connectivity index (χ4n) is 1.78. The Morgan fingerprint density at radius 1 is 0.800 bits per heavy atom. The van der Waals surface area contributed by atoms with Gasteiger partial charge in [-0.15, -0.1) is 0 Å². The number of rotatable bonds is 12. The van der Waals surface area contributed by atoms with Crippen molar-refractivity contribution in [1.82, 2.24) is 0 Å². The van der Waals surface area contributed by atoms with Crippen LogP contribution in [0.15, 0.2) is 0 Å². The molecule has 9 heteroatoms. The predicted octanol–water partition coefficient (Wildman–Crippen LogP) is 3.19. The molecule has 0 heterocycles. The quantitative estimate of drug-likeness (QED) is 0.548. The summed E-state index contributed by atoms with van der Waals surface area (Å²) in [6, 6.07) is 0. The summed E-state index contributed by atoms with van der Waals surface area (Å²) >= 11 is 0. The molecule has 122 valence electrons. The molecule has 0 aliphatic carbocycles. The monoisotopic (exact) mass is 331 g/mol. The van der Waals surface area contributed by atoms with Crippen LogP contribution in [0.25, 0.3) is 0 Å². The molecule has 0 aliphatic rings. The van der Waals surface area contributed by atoms with Crippen molar-refractivity contribution in [3.63, 3.8) is 0 Å². The van der Waals surface area contributed by atoms with Crippen molar-refractivity contribution in [2.24, 2.45) is 5.73 Å². The van der Waals surface area contributed by atoms with Gasteiger partial charge in [0, 0.05) is 0 Å². The molecule has 0 amide bonds. The molecule has 0 aromatic heterocycles. The van der Waals surface area contributed by atoms with Crippen LogP contribution in [0.2, 0.25) is 0 Å². The third-order valence-corrected chi connectivity index (χ3v) is 8.54. The van der Waals surface area contributed by atoms with Crippen LogP contribution < -0.4 is 5.73 Å². The Kier molecular flexibility index (Phi) is 10.2. The van der Waals surface area contributed by atoms with E-state index in [9.17, 15) is 9.13 Å². The molecular formula is C11H27NO6P2. The van der Waals surface area contributed by atoms with E-state index in [1.165, 1.54) is 0 Å². The molecule has 0 aromatic rings. The smallest absolute Gasteiger partial charge is 0.330 e. The zero-order chi connectivity index (χ0) is 15.6. The first-order chi connectivity index (χ1) is 9.44. The molecule has 0 radical (unpaired) electrons. The van der Waals surface area contributed by atoms with E-state index in [1.54, 1.807) is 27.7 Å². The normalized spacial score (nSPS) is 13.1. The average Bonchev–Trinajstić information content (AvgIpc) is 2.36. The van der Waals surface area contributed by atoms with E-state index in [1.807, 2.05) is 0 Å². The van der Waals surface area contributed by atoms with Gasteiger partial charge in [0.1, 0.15) is 0 Å². The van der Waals surface area contributed by atoms with Gasteiger partial charge in [0.15, 0.2) is 5.40 Å². The molecule has 0 spiro atoms. The van der Waals surface area contributed by atoms with Gasteiger partial charge in [0.25, 0.3) is 0 Å². The molecule has 0 aliphatic heterocycles. The van der Waals surface area contributed by atoms with Crippen molar-refractivity contribution in [1.29, 1.82) is 0 Å². The molecule has 7 nitrogen and oxygen atoms in total. The molecule has 0 saturated heterocycles. The SMILES string of the molecule is CCOP(=O)(OCC)C(CCN)P(=O)(OCC)OCC. The first-order valence-corrected chi connectivity index (χ1v) is 10.1. The van der Waals surface area contributed by atoms with Gasteiger partial charge in [-0.1, -0.05) is 0 Å². The molecule has 0 saturated carbocycles. The molecule has 0 rings (SSSR count). The Balaban J connectivity index is 5.53. The summed E-state index contributed by atoms with van der Waals surface area (Å²) in [6.07, 6.45) is 0.175. The van der Waals surface area contributed by atoms with Crippen LogP contribution in [0.3, 0.4) is 0 Å². The number of nitrogens with two attached hydrogens (primary N) is 1. The Labute approximate surface area is 121 Å². The van der Waals surface area contributed by atoms with Gasteiger partial charge in [-0.2, -0.15) is 0 Å². The van der Waals surface area contributed by atoms with Gasteiger partial charge in [-0.05, 0) is 40.7 Å². The standard InChI is InChI=1S/C11H27NO6P2/c1-5-15-19(13,16-6-2)11(9-10-12)20(14,17-7-3)18-8-4/h11H,5-10,12H2,1-4H3. The topological polar surface area (TPSA) is 97.1 Å². The van der Waals surface area contributed by atoms with Crippen LogP contribution in [0.4, 0.5) is 0 Å². The van der Waals surface area contributed by atoms with Crippen LogP contribution in [-0.2, 0) is 27.2 Å². The highest BCUT2D eigenvalue weighted by Crippen LogP contribution is 2.71. The Morgan fingerprint density at radius 2 is 1.10 bits per heavy atom. The minimum atomic E-state index is -3.62. The second kappa shape index (κ2) is 10.1. The second-order valence-corrected chi connectivity index (χ2v) is 8.65. The second-order valence-electron chi connectivity index (χ2n) is 3.81. The predicted molar refractivity (Wildman–Crippen MR) is 79.2 cm³/mol. The van der Waals surface area contributed by atoms with Gasteiger partial charge < -0.3 is 23.8 Å². The molecule has 0 unspecified atom stereocenters. The van der Waals surface area contributed by atoms with E-state index in [0.717, 1.165) is 0 Å². The summed E-state index contributed by atoms with van der Waals surface area (Å²) in [5, 5.41) is -1.00. The van der Waals surface area contributed by atoms with Crippen molar-refractivity contribution in [2.45, 2.75) is 39.5 Å². The summed E-state index contributed by atoms with van der Waals surface area (Å²) in [5.41, 5.74) is 5.54. The van der Waals surface area contributed by atoms with E-state index in [2.05, 4.69) is 0 Å². The Morgan fingerprint density at radius 3 is 1.30 bits per heavy atom. The van der Waals surface area contributed by atoms with Crippen LogP contribution in [0, 0.1) is 0 Å². The van der Waals surface area contributed by atoms with Crippen molar-refractivity contribution in [3.8, 4) is 0 Å². The van der Waals surface area contributed by atoms with E-state index in [4.69, 9.17) is 23.8 Å². The Hall–Kier alpha value is 0.260. The first kappa shape index (κ1) is 20.3. The highest BCUT2D eigenvalue weighted by atomic mass is 31.2. The average molecular weight is 331 g/mol. The van der Waals surface area contributed by atoms with Gasteiger partial charge >= 0.3 is 15.2 Å². The minimum Gasteiger partial charge on any atom is -0.330 e. The van der Waals surface area contributed by atoms with Gasteiger partial charge in [-0.25, -0.2) is 0 Å². The molecule has 0 aromatic carbocycles. The highest BCUT2D eigenvalue weighted by Gasteiger charge is 2.50. The molecular weight excluding hydrogens is 304 g/mol. The lowest BCUT2D eigenvalue weighted by atomic mass is 10.5. The lowest BCUT2D eigenvalue weighted by Gasteiger charge is -2.31. The van der Waals surface area contributed by atoms with E-state index in [-0.39, 0.29) is 39.4 Å². The summed E-state index contributed by atoms with van der Waals surface area (Å²) in [4.78, 5) is 0. The first-order valence-electron chi connectivity index (χ1n) is 6.91. The van der Waals surface area contributed by atoms with Gasteiger partial charge in [-0.3, -0.25) is 9.13 Å². The highest BCUT2D eigenvalue weighted by molar-refractivity contribution is 7.72. The van der Waals surface area contributed by atoms with Crippen molar-refractivity contribution in [3.05, 3.63) is 0 Å². The van der Waals surface area contributed by atoms with Crippen molar-refractivity contribution >= 4 is 15.2 Å². The van der Waals surface area contributed by atoms with Crippen molar-refractivity contribution < 1.29 is 27.2 Å². The van der Waals surface area contributed by atoms with Crippen molar-refractivity contribution in [2.75, 3.05) is 33.0 Å².